The maximum absolute atomic E-state index is 4.71. The smallest absolute Gasteiger partial charge is 0.0762 e. The lowest BCUT2D eigenvalue weighted by Gasteiger charge is -2.28. The highest BCUT2D eigenvalue weighted by molar-refractivity contribution is 4.99. The van der Waals surface area contributed by atoms with Crippen molar-refractivity contribution in [3.8, 4) is 0 Å². The van der Waals surface area contributed by atoms with Gasteiger partial charge in [-0.1, -0.05) is 40.0 Å². The maximum Gasteiger partial charge on any atom is 0.0762 e. The minimum atomic E-state index is 0.558. The number of hydrogen-bond donors (Lipinski definition) is 1. The highest BCUT2D eigenvalue weighted by Crippen LogP contribution is 2.28. The van der Waals surface area contributed by atoms with Crippen LogP contribution in [0.2, 0.25) is 0 Å². The van der Waals surface area contributed by atoms with Crippen molar-refractivity contribution >= 4 is 0 Å². The molecule has 0 bridgehead atoms. The first-order valence-corrected chi connectivity index (χ1v) is 8.49. The first-order valence-electron chi connectivity index (χ1n) is 8.49. The van der Waals surface area contributed by atoms with E-state index < -0.39 is 0 Å². The lowest BCUT2D eigenvalue weighted by atomic mass is 9.80. The van der Waals surface area contributed by atoms with Crippen molar-refractivity contribution in [2.24, 2.45) is 11.8 Å². The summed E-state index contributed by atoms with van der Waals surface area (Å²) in [4.78, 5) is 0. The first kappa shape index (κ1) is 15.6. The van der Waals surface area contributed by atoms with Crippen molar-refractivity contribution in [3.05, 3.63) is 18.0 Å². The molecule has 2 atom stereocenters. The zero-order valence-electron chi connectivity index (χ0n) is 13.4. The molecule has 0 amide bonds. The summed E-state index contributed by atoms with van der Waals surface area (Å²) < 4.78 is 2.14. The van der Waals surface area contributed by atoms with E-state index in [1.807, 2.05) is 0 Å². The van der Waals surface area contributed by atoms with E-state index in [1.54, 1.807) is 0 Å². The van der Waals surface area contributed by atoms with Crippen molar-refractivity contribution in [1.29, 1.82) is 0 Å². The summed E-state index contributed by atoms with van der Waals surface area (Å²) >= 11 is 0. The average molecular weight is 277 g/mol. The number of hydrogen-bond acceptors (Lipinski definition) is 2. The summed E-state index contributed by atoms with van der Waals surface area (Å²) in [6, 6.07) is 2.72. The van der Waals surface area contributed by atoms with Crippen LogP contribution in [0.3, 0.4) is 0 Å². The molecule has 0 saturated heterocycles. The summed E-state index contributed by atoms with van der Waals surface area (Å²) in [6.45, 7) is 8.94. The van der Waals surface area contributed by atoms with E-state index in [0.29, 0.717) is 6.04 Å². The summed E-state index contributed by atoms with van der Waals surface area (Å²) in [5.41, 5.74) is 1.18. The molecule has 3 heteroatoms. The molecule has 1 aromatic rings. The van der Waals surface area contributed by atoms with Gasteiger partial charge in [0, 0.05) is 12.7 Å². The Kier molecular flexibility index (Phi) is 6.08. The highest BCUT2D eigenvalue weighted by Gasteiger charge is 2.20. The minimum Gasteiger partial charge on any atom is -0.311 e. The average Bonchev–Trinajstić information content (AvgIpc) is 2.91. The Morgan fingerprint density at radius 2 is 2.05 bits per heavy atom. The van der Waals surface area contributed by atoms with Crippen LogP contribution >= 0.6 is 0 Å². The third-order valence-electron chi connectivity index (χ3n) is 4.98. The Balaban J connectivity index is 1.76. The molecule has 0 aromatic carbocycles. The van der Waals surface area contributed by atoms with Gasteiger partial charge in [-0.05, 0) is 43.7 Å². The molecule has 0 radical (unpaired) electrons. The second kappa shape index (κ2) is 7.82. The molecule has 2 unspecified atom stereocenters. The van der Waals surface area contributed by atoms with Crippen LogP contribution in [0.15, 0.2) is 12.3 Å². The molecule has 114 valence electrons. The van der Waals surface area contributed by atoms with Gasteiger partial charge in [0.2, 0.25) is 0 Å². The van der Waals surface area contributed by atoms with Gasteiger partial charge in [0.1, 0.15) is 0 Å². The third-order valence-corrected chi connectivity index (χ3v) is 4.98. The predicted octanol–water partition coefficient (Wildman–Crippen LogP) is 4.16. The summed E-state index contributed by atoms with van der Waals surface area (Å²) in [5.74, 6) is 1.75. The van der Waals surface area contributed by atoms with Crippen molar-refractivity contribution in [3.63, 3.8) is 0 Å². The van der Waals surface area contributed by atoms with Gasteiger partial charge in [0.25, 0.3) is 0 Å². The van der Waals surface area contributed by atoms with E-state index in [0.717, 1.165) is 37.8 Å². The van der Waals surface area contributed by atoms with Crippen molar-refractivity contribution in [2.75, 3.05) is 6.54 Å². The standard InChI is InChI=1S/C17H31N3/c1-4-17(5-2)20-11-10-16(19-20)13-18-12-15-9-7-6-8-14(15)3/h10-11,14-15,17-18H,4-9,12-13H2,1-3H3. The minimum absolute atomic E-state index is 0.558. The van der Waals surface area contributed by atoms with Crippen LogP contribution in [0, 0.1) is 11.8 Å². The van der Waals surface area contributed by atoms with Gasteiger partial charge >= 0.3 is 0 Å². The molecule has 20 heavy (non-hydrogen) atoms. The fourth-order valence-electron chi connectivity index (χ4n) is 3.42. The van der Waals surface area contributed by atoms with Crippen molar-refractivity contribution in [1.82, 2.24) is 15.1 Å². The first-order chi connectivity index (χ1) is 9.74. The molecule has 0 aliphatic heterocycles. The SMILES string of the molecule is CCC(CC)n1ccc(CNCC2CCCCC2C)n1. The monoisotopic (exact) mass is 277 g/mol. The van der Waals surface area contributed by atoms with Gasteiger partial charge in [0.05, 0.1) is 11.7 Å². The van der Waals surface area contributed by atoms with Crippen molar-refractivity contribution < 1.29 is 0 Å². The van der Waals surface area contributed by atoms with Gasteiger partial charge in [-0.15, -0.1) is 0 Å². The predicted molar refractivity (Wildman–Crippen MR) is 84.7 cm³/mol. The van der Waals surface area contributed by atoms with E-state index in [2.05, 4.69) is 43.0 Å². The normalized spacial score (nSPS) is 23.4. The lowest BCUT2D eigenvalue weighted by Crippen LogP contribution is -2.29. The Hall–Kier alpha value is -0.830. The van der Waals surface area contributed by atoms with Crippen molar-refractivity contribution in [2.45, 2.75) is 71.9 Å². The largest absolute Gasteiger partial charge is 0.311 e. The van der Waals surface area contributed by atoms with Crippen LogP contribution in [-0.4, -0.2) is 16.3 Å². The Bertz CT molecular complexity index is 381. The molecule has 0 spiro atoms. The number of nitrogens with zero attached hydrogens (tertiary/aromatic N) is 2. The van der Waals surface area contributed by atoms with Crippen LogP contribution in [0.25, 0.3) is 0 Å². The Morgan fingerprint density at radius 1 is 1.30 bits per heavy atom. The van der Waals surface area contributed by atoms with Gasteiger partial charge in [0.15, 0.2) is 0 Å². The number of nitrogens with one attached hydrogen (secondary N) is 1. The van der Waals surface area contributed by atoms with Crippen LogP contribution in [-0.2, 0) is 6.54 Å². The molecule has 1 aliphatic rings. The van der Waals surface area contributed by atoms with Crippen LogP contribution < -0.4 is 5.32 Å². The van der Waals surface area contributed by atoms with E-state index in [-0.39, 0.29) is 0 Å². The molecule has 1 saturated carbocycles. The quantitative estimate of drug-likeness (QED) is 0.811. The van der Waals surface area contributed by atoms with Gasteiger partial charge < -0.3 is 5.32 Å². The van der Waals surface area contributed by atoms with Gasteiger partial charge in [-0.25, -0.2) is 0 Å². The molecular formula is C17H31N3. The van der Waals surface area contributed by atoms with Gasteiger partial charge in [-0.3, -0.25) is 4.68 Å². The number of rotatable bonds is 7. The summed E-state index contributed by atoms with van der Waals surface area (Å²) in [6.07, 6.45) is 10.1. The molecule has 1 heterocycles. The second-order valence-corrected chi connectivity index (χ2v) is 6.41. The summed E-state index contributed by atoms with van der Waals surface area (Å²) in [5, 5.41) is 8.32. The molecular weight excluding hydrogens is 246 g/mol. The molecule has 2 rings (SSSR count). The van der Waals surface area contributed by atoms with E-state index in [1.165, 1.54) is 31.4 Å². The molecule has 1 aromatic heterocycles. The third kappa shape index (κ3) is 4.08. The summed E-state index contributed by atoms with van der Waals surface area (Å²) in [7, 11) is 0. The fraction of sp³-hybridized carbons (Fsp3) is 0.824. The van der Waals surface area contributed by atoms with E-state index in [4.69, 9.17) is 5.10 Å². The van der Waals surface area contributed by atoms with E-state index in [9.17, 15) is 0 Å². The molecule has 1 aliphatic carbocycles. The maximum atomic E-state index is 4.71. The van der Waals surface area contributed by atoms with Crippen LogP contribution in [0.5, 0.6) is 0 Å². The molecule has 1 N–H and O–H groups in total. The lowest BCUT2D eigenvalue weighted by molar-refractivity contribution is 0.247. The van der Waals surface area contributed by atoms with Crippen LogP contribution in [0.4, 0.5) is 0 Å². The fourth-order valence-corrected chi connectivity index (χ4v) is 3.42. The second-order valence-electron chi connectivity index (χ2n) is 6.41. The highest BCUT2D eigenvalue weighted by atomic mass is 15.3. The van der Waals surface area contributed by atoms with Crippen LogP contribution in [0.1, 0.15) is 71.0 Å². The Labute approximate surface area is 124 Å². The zero-order valence-corrected chi connectivity index (χ0v) is 13.4. The molecule has 3 nitrogen and oxygen atoms in total. The molecule has 1 fully saturated rings. The number of aromatic nitrogens is 2. The topological polar surface area (TPSA) is 29.9 Å². The zero-order chi connectivity index (χ0) is 14.4. The Morgan fingerprint density at radius 3 is 2.75 bits per heavy atom. The van der Waals surface area contributed by atoms with E-state index >= 15 is 0 Å². The van der Waals surface area contributed by atoms with Gasteiger partial charge in [-0.2, -0.15) is 5.10 Å².